The van der Waals surface area contributed by atoms with Crippen molar-refractivity contribution in [2.45, 2.75) is 66.2 Å². The number of aryl methyl sites for hydroxylation is 1. The molecule has 0 radical (unpaired) electrons. The molecule has 1 aliphatic rings. The van der Waals surface area contributed by atoms with Crippen molar-refractivity contribution in [2.75, 3.05) is 6.61 Å². The molecular formula is C23H29NO4. The number of furan rings is 1. The third-order valence-corrected chi connectivity index (χ3v) is 5.77. The highest BCUT2D eigenvalue weighted by atomic mass is 16.6. The van der Waals surface area contributed by atoms with Crippen molar-refractivity contribution in [3.05, 3.63) is 45.9 Å². The van der Waals surface area contributed by atoms with Crippen LogP contribution in [0.4, 0.5) is 0 Å². The van der Waals surface area contributed by atoms with E-state index in [9.17, 15) is 9.90 Å². The molecule has 1 atom stereocenters. The molecule has 5 nitrogen and oxygen atoms in total. The van der Waals surface area contributed by atoms with Gasteiger partial charge in [0.05, 0.1) is 17.5 Å². The highest BCUT2D eigenvalue weighted by molar-refractivity contribution is 6.23. The number of oxime groups is 1. The van der Waals surface area contributed by atoms with E-state index < -0.39 is 0 Å². The topological polar surface area (TPSA) is 72.0 Å². The third kappa shape index (κ3) is 3.46. The van der Waals surface area contributed by atoms with E-state index in [1.807, 2.05) is 19.9 Å². The van der Waals surface area contributed by atoms with E-state index >= 15 is 0 Å². The van der Waals surface area contributed by atoms with Crippen LogP contribution in [0.2, 0.25) is 0 Å². The number of benzene rings is 1. The second-order valence-electron chi connectivity index (χ2n) is 7.51. The van der Waals surface area contributed by atoms with E-state index in [0.29, 0.717) is 37.2 Å². The highest BCUT2D eigenvalue weighted by Gasteiger charge is 2.34. The summed E-state index contributed by atoms with van der Waals surface area (Å²) in [5, 5.41) is 16.0. The van der Waals surface area contributed by atoms with Gasteiger partial charge in [0.1, 0.15) is 17.9 Å². The minimum absolute atomic E-state index is 0.0852. The highest BCUT2D eigenvalue weighted by Crippen LogP contribution is 2.41. The Labute approximate surface area is 166 Å². The van der Waals surface area contributed by atoms with Gasteiger partial charge in [-0.1, -0.05) is 18.5 Å². The van der Waals surface area contributed by atoms with Crippen molar-refractivity contribution in [1.82, 2.24) is 0 Å². The van der Waals surface area contributed by atoms with Crippen LogP contribution >= 0.6 is 0 Å². The maximum atomic E-state index is 13.0. The van der Waals surface area contributed by atoms with Gasteiger partial charge < -0.3 is 14.4 Å². The van der Waals surface area contributed by atoms with Crippen LogP contribution in [0.15, 0.2) is 33.2 Å². The molecule has 1 aliphatic carbocycles. The summed E-state index contributed by atoms with van der Waals surface area (Å²) >= 11 is 0. The number of ketones is 1. The minimum Gasteiger partial charge on any atom is -0.511 e. The first-order valence-corrected chi connectivity index (χ1v) is 10.0. The average molecular weight is 383 g/mol. The zero-order valence-corrected chi connectivity index (χ0v) is 17.4. The molecule has 0 saturated heterocycles. The molecule has 1 N–H and O–H groups in total. The number of aliphatic hydroxyl groups is 1. The summed E-state index contributed by atoms with van der Waals surface area (Å²) in [5.41, 5.74) is 6.27. The summed E-state index contributed by atoms with van der Waals surface area (Å²) in [7, 11) is 0. The molecule has 5 heteroatoms. The monoisotopic (exact) mass is 383 g/mol. The first kappa shape index (κ1) is 20.2. The normalized spacial score (nSPS) is 18.2. The summed E-state index contributed by atoms with van der Waals surface area (Å²) in [5.74, 6) is -0.0948. The Bertz CT molecular complexity index is 965. The first-order chi connectivity index (χ1) is 13.4. The van der Waals surface area contributed by atoms with Crippen LogP contribution in [0.5, 0.6) is 0 Å². The molecular weight excluding hydrogens is 354 g/mol. The second kappa shape index (κ2) is 8.21. The van der Waals surface area contributed by atoms with Gasteiger partial charge in [-0.25, -0.2) is 0 Å². The van der Waals surface area contributed by atoms with Gasteiger partial charge >= 0.3 is 0 Å². The molecule has 0 saturated carbocycles. The van der Waals surface area contributed by atoms with E-state index in [-0.39, 0.29) is 17.5 Å². The molecule has 0 fully saturated rings. The van der Waals surface area contributed by atoms with Crippen molar-refractivity contribution in [2.24, 2.45) is 5.16 Å². The maximum absolute atomic E-state index is 13.0. The first-order valence-electron chi connectivity index (χ1n) is 10.0. The predicted octanol–water partition coefficient (Wildman–Crippen LogP) is 5.81. The Kier molecular flexibility index (Phi) is 5.92. The second-order valence-corrected chi connectivity index (χ2v) is 7.51. The average Bonchev–Trinajstić information content (AvgIpc) is 3.13. The molecule has 1 unspecified atom stereocenters. The molecule has 0 bridgehead atoms. The van der Waals surface area contributed by atoms with Gasteiger partial charge in [0.25, 0.3) is 0 Å². The Hall–Kier alpha value is -2.56. The lowest BCUT2D eigenvalue weighted by Crippen LogP contribution is -2.24. The Morgan fingerprint density at radius 2 is 1.96 bits per heavy atom. The smallest absolute Gasteiger partial charge is 0.168 e. The van der Waals surface area contributed by atoms with Crippen molar-refractivity contribution < 1.29 is 19.2 Å². The molecule has 0 aliphatic heterocycles. The van der Waals surface area contributed by atoms with Gasteiger partial charge in [0.2, 0.25) is 0 Å². The van der Waals surface area contributed by atoms with Gasteiger partial charge in [0, 0.05) is 29.7 Å². The quantitative estimate of drug-likeness (QED) is 0.505. The number of rotatable bonds is 6. The molecule has 3 rings (SSSR count). The van der Waals surface area contributed by atoms with E-state index in [0.717, 1.165) is 28.5 Å². The number of carbonyl (C=O) groups is 1. The van der Waals surface area contributed by atoms with E-state index in [2.05, 4.69) is 25.9 Å². The van der Waals surface area contributed by atoms with Crippen LogP contribution in [0.1, 0.15) is 67.7 Å². The number of hydrogen-bond acceptors (Lipinski definition) is 5. The van der Waals surface area contributed by atoms with Crippen LogP contribution in [-0.2, 0) is 9.63 Å². The summed E-state index contributed by atoms with van der Waals surface area (Å²) < 4.78 is 5.80. The summed E-state index contributed by atoms with van der Waals surface area (Å²) in [6.07, 6.45) is 3.84. The third-order valence-electron chi connectivity index (χ3n) is 5.77. The number of aliphatic hydroxyl groups excluding tert-OH is 1. The largest absolute Gasteiger partial charge is 0.511 e. The molecule has 28 heavy (non-hydrogen) atoms. The van der Waals surface area contributed by atoms with Crippen LogP contribution < -0.4 is 0 Å². The molecule has 2 aromatic rings. The van der Waals surface area contributed by atoms with Gasteiger partial charge in [0.15, 0.2) is 5.78 Å². The lowest BCUT2D eigenvalue weighted by atomic mass is 9.77. The van der Waals surface area contributed by atoms with Crippen molar-refractivity contribution >= 4 is 22.5 Å². The fourth-order valence-electron chi connectivity index (χ4n) is 4.18. The summed E-state index contributed by atoms with van der Waals surface area (Å²) in [4.78, 5) is 18.2. The lowest BCUT2D eigenvalue weighted by molar-refractivity contribution is -0.116. The lowest BCUT2D eigenvalue weighted by Gasteiger charge is -2.26. The maximum Gasteiger partial charge on any atom is 0.168 e. The molecule has 1 aromatic carbocycles. The minimum atomic E-state index is -0.112. The zero-order chi connectivity index (χ0) is 20.4. The van der Waals surface area contributed by atoms with E-state index in [1.165, 1.54) is 11.1 Å². The van der Waals surface area contributed by atoms with Crippen molar-refractivity contribution in [3.63, 3.8) is 0 Å². The molecule has 0 amide bonds. The molecule has 150 valence electrons. The predicted molar refractivity (Wildman–Crippen MR) is 111 cm³/mol. The number of allylic oxidation sites excluding steroid dienone is 2. The SMILES string of the molecule is CCCC(=NOCC)C1=C(O)CC(c2c(C)c(C)c(C)c3ccoc23)CC1=O. The van der Waals surface area contributed by atoms with Crippen LogP contribution in [0.3, 0.4) is 0 Å². The standard InChI is InChI=1S/C23H29NO4/c1-6-8-18(24-28-7-2)22-19(25)11-16(12-20(22)26)21-15(5)13(3)14(4)17-9-10-27-23(17)21/h9-10,16,25H,6-8,11-12H2,1-5H3. The van der Waals surface area contributed by atoms with Gasteiger partial charge in [-0.15, -0.1) is 0 Å². The van der Waals surface area contributed by atoms with Crippen molar-refractivity contribution in [3.8, 4) is 0 Å². The Balaban J connectivity index is 2.06. The van der Waals surface area contributed by atoms with E-state index in [1.54, 1.807) is 6.26 Å². The van der Waals surface area contributed by atoms with E-state index in [4.69, 9.17) is 9.25 Å². The number of fused-ring (bicyclic) bond motifs is 1. The van der Waals surface area contributed by atoms with Gasteiger partial charge in [-0.3, -0.25) is 4.79 Å². The van der Waals surface area contributed by atoms with Crippen LogP contribution in [0, 0.1) is 20.8 Å². The van der Waals surface area contributed by atoms with Crippen molar-refractivity contribution in [1.29, 1.82) is 0 Å². The fraction of sp³-hybridized carbons (Fsp3) is 0.478. The summed E-state index contributed by atoms with van der Waals surface area (Å²) in [6.45, 7) is 10.5. The fourth-order valence-corrected chi connectivity index (χ4v) is 4.18. The molecule has 1 aromatic heterocycles. The van der Waals surface area contributed by atoms with Gasteiger partial charge in [-0.2, -0.15) is 0 Å². The number of Topliss-reactive ketones (excluding diaryl/α,β-unsaturated/α-hetero) is 1. The summed E-state index contributed by atoms with van der Waals surface area (Å²) in [6, 6.07) is 1.97. The van der Waals surface area contributed by atoms with Gasteiger partial charge in [-0.05, 0) is 56.9 Å². The molecule has 0 spiro atoms. The van der Waals surface area contributed by atoms with Crippen LogP contribution in [0.25, 0.3) is 11.0 Å². The Morgan fingerprint density at radius 1 is 1.21 bits per heavy atom. The molecule has 1 heterocycles. The van der Waals surface area contributed by atoms with Crippen LogP contribution in [-0.4, -0.2) is 23.2 Å². The number of hydrogen-bond donors (Lipinski definition) is 1. The number of nitrogens with zero attached hydrogens (tertiary/aromatic N) is 1. The number of carbonyl (C=O) groups excluding carboxylic acids is 1. The Morgan fingerprint density at radius 3 is 2.61 bits per heavy atom. The zero-order valence-electron chi connectivity index (χ0n) is 17.4.